The maximum atomic E-state index is 13.7. The molecule has 0 aliphatic carbocycles. The average Bonchev–Trinajstić information content (AvgIpc) is 2.82. The lowest BCUT2D eigenvalue weighted by molar-refractivity contribution is -0.385. The second kappa shape index (κ2) is 10.3. The number of carbonyl (C=O) groups excluding carboxylic acids is 2. The zero-order valence-corrected chi connectivity index (χ0v) is 20.1. The molecule has 3 rings (SSSR count). The maximum absolute atomic E-state index is 13.7. The zero-order chi connectivity index (χ0) is 25.0. The van der Waals surface area contributed by atoms with E-state index in [0.29, 0.717) is 25.1 Å². The summed E-state index contributed by atoms with van der Waals surface area (Å²) >= 11 is 6.12. The minimum atomic E-state index is -4.45. The summed E-state index contributed by atoms with van der Waals surface area (Å²) in [5.41, 5.74) is -0.0616. The van der Waals surface area contributed by atoms with Crippen molar-refractivity contribution in [3.63, 3.8) is 0 Å². The molecule has 2 amide bonds. The summed E-state index contributed by atoms with van der Waals surface area (Å²) in [4.78, 5) is 37.4. The Morgan fingerprint density at radius 2 is 1.88 bits per heavy atom. The first-order valence-corrected chi connectivity index (χ1v) is 12.0. The van der Waals surface area contributed by atoms with Crippen LogP contribution in [0.25, 0.3) is 0 Å². The van der Waals surface area contributed by atoms with E-state index in [-0.39, 0.29) is 40.1 Å². The number of piperazine rings is 1. The molecule has 1 aliphatic heterocycles. The normalized spacial score (nSPS) is 14.0. The van der Waals surface area contributed by atoms with Crippen molar-refractivity contribution in [1.29, 1.82) is 0 Å². The summed E-state index contributed by atoms with van der Waals surface area (Å²) in [5, 5.41) is 11.6. The quantitative estimate of drug-likeness (QED) is 0.302. The molecule has 0 saturated carbocycles. The Bertz CT molecular complexity index is 1210. The van der Waals surface area contributed by atoms with Crippen molar-refractivity contribution >= 4 is 45.3 Å². The number of nitrogens with zero attached hydrogens (tertiary/aromatic N) is 4. The zero-order valence-electron chi connectivity index (χ0n) is 18.5. The van der Waals surface area contributed by atoms with Gasteiger partial charge in [-0.2, -0.15) is 0 Å². The van der Waals surface area contributed by atoms with E-state index in [1.54, 1.807) is 0 Å². The molecule has 13 heteroatoms. The van der Waals surface area contributed by atoms with Gasteiger partial charge in [0.05, 0.1) is 22.6 Å². The van der Waals surface area contributed by atoms with Crippen LogP contribution in [0.5, 0.6) is 5.75 Å². The molecule has 182 valence electrons. The predicted octanol–water partition coefficient (Wildman–Crippen LogP) is 2.06. The molecule has 1 heterocycles. The number of nitro groups is 1. The molecule has 1 aliphatic rings. The summed E-state index contributed by atoms with van der Waals surface area (Å²) in [7, 11) is -3.11. The Kier molecular flexibility index (Phi) is 7.62. The lowest BCUT2D eigenvalue weighted by atomic mass is 10.2. The predicted molar refractivity (Wildman–Crippen MR) is 125 cm³/mol. The Hall–Kier alpha value is -3.38. The van der Waals surface area contributed by atoms with Gasteiger partial charge in [0.1, 0.15) is 12.3 Å². The Morgan fingerprint density at radius 3 is 2.47 bits per heavy atom. The number of aryl methyl sites for hydroxylation is 1. The molecule has 0 unspecified atom stereocenters. The number of benzene rings is 2. The van der Waals surface area contributed by atoms with Crippen molar-refractivity contribution in [1.82, 2.24) is 9.80 Å². The molecule has 2 aromatic rings. The fourth-order valence-corrected chi connectivity index (χ4v) is 5.13. The van der Waals surface area contributed by atoms with Crippen LogP contribution in [0.1, 0.15) is 5.56 Å². The number of methoxy groups -OCH3 is 1. The van der Waals surface area contributed by atoms with Crippen molar-refractivity contribution in [3.8, 4) is 5.75 Å². The van der Waals surface area contributed by atoms with E-state index in [2.05, 4.69) is 0 Å². The Labute approximate surface area is 201 Å². The number of nitro benzene ring substituents is 1. The molecule has 0 atom stereocenters. The van der Waals surface area contributed by atoms with E-state index in [4.69, 9.17) is 16.3 Å². The lowest BCUT2D eigenvalue weighted by Crippen LogP contribution is -2.51. The number of sulfonamides is 1. The van der Waals surface area contributed by atoms with Crippen LogP contribution in [-0.4, -0.2) is 75.3 Å². The van der Waals surface area contributed by atoms with E-state index < -0.39 is 27.4 Å². The third-order valence-corrected chi connectivity index (χ3v) is 7.46. The minimum absolute atomic E-state index is 0.0121. The molecule has 0 spiro atoms. The number of anilines is 1. The molecule has 1 saturated heterocycles. The first kappa shape index (κ1) is 25.2. The average molecular weight is 511 g/mol. The molecule has 34 heavy (non-hydrogen) atoms. The van der Waals surface area contributed by atoms with Crippen LogP contribution in [-0.2, 0) is 19.6 Å². The van der Waals surface area contributed by atoms with Crippen LogP contribution in [0.15, 0.2) is 41.3 Å². The van der Waals surface area contributed by atoms with E-state index >= 15 is 0 Å². The summed E-state index contributed by atoms with van der Waals surface area (Å²) < 4.78 is 33.5. The van der Waals surface area contributed by atoms with E-state index in [9.17, 15) is 28.1 Å². The fraction of sp³-hybridized carbons (Fsp3) is 0.333. The van der Waals surface area contributed by atoms with Crippen LogP contribution in [0.2, 0.25) is 5.02 Å². The molecule has 0 radical (unpaired) electrons. The third-order valence-electron chi connectivity index (χ3n) is 5.47. The SMILES string of the molecule is COc1ccc(Cl)cc1N(CC(=O)N1CCN(C=O)CC1)S(=O)(=O)c1ccc(C)c([N+](=O)[O-])c1. The number of hydrogen-bond acceptors (Lipinski definition) is 7. The van der Waals surface area contributed by atoms with E-state index in [0.717, 1.165) is 10.4 Å². The Balaban J connectivity index is 2.06. The lowest BCUT2D eigenvalue weighted by Gasteiger charge is -2.34. The first-order valence-electron chi connectivity index (χ1n) is 10.2. The smallest absolute Gasteiger partial charge is 0.273 e. The largest absolute Gasteiger partial charge is 0.495 e. The van der Waals surface area contributed by atoms with Crippen molar-refractivity contribution in [2.75, 3.05) is 44.1 Å². The van der Waals surface area contributed by atoms with Crippen LogP contribution in [0, 0.1) is 17.0 Å². The second-order valence-electron chi connectivity index (χ2n) is 7.56. The molecule has 11 nitrogen and oxygen atoms in total. The fourth-order valence-electron chi connectivity index (χ4n) is 3.53. The number of ether oxygens (including phenoxy) is 1. The third kappa shape index (κ3) is 5.23. The van der Waals surface area contributed by atoms with Crippen LogP contribution >= 0.6 is 11.6 Å². The van der Waals surface area contributed by atoms with Gasteiger partial charge in [-0.25, -0.2) is 8.42 Å². The number of halogens is 1. The van der Waals surface area contributed by atoms with Crippen molar-refractivity contribution < 1.29 is 27.7 Å². The molecule has 0 N–H and O–H groups in total. The van der Waals surface area contributed by atoms with Gasteiger partial charge >= 0.3 is 0 Å². The van der Waals surface area contributed by atoms with Crippen LogP contribution in [0.4, 0.5) is 11.4 Å². The topological polar surface area (TPSA) is 130 Å². The molecular weight excluding hydrogens is 488 g/mol. The summed E-state index contributed by atoms with van der Waals surface area (Å²) in [6.07, 6.45) is 0.694. The molecule has 1 fully saturated rings. The van der Waals surface area contributed by atoms with Crippen LogP contribution < -0.4 is 9.04 Å². The number of rotatable bonds is 8. The van der Waals surface area contributed by atoms with E-state index in [1.807, 2.05) is 0 Å². The van der Waals surface area contributed by atoms with Crippen LogP contribution in [0.3, 0.4) is 0 Å². The van der Waals surface area contributed by atoms with Crippen molar-refractivity contribution in [2.24, 2.45) is 0 Å². The van der Waals surface area contributed by atoms with Crippen molar-refractivity contribution in [2.45, 2.75) is 11.8 Å². The number of carbonyl (C=O) groups is 2. The first-order chi connectivity index (χ1) is 16.1. The van der Waals surface area contributed by atoms with E-state index in [1.165, 1.54) is 54.2 Å². The highest BCUT2D eigenvalue weighted by Crippen LogP contribution is 2.36. The molecule has 0 bridgehead atoms. The monoisotopic (exact) mass is 510 g/mol. The highest BCUT2D eigenvalue weighted by atomic mass is 35.5. The van der Waals surface area contributed by atoms with Gasteiger partial charge in [-0.15, -0.1) is 0 Å². The maximum Gasteiger partial charge on any atom is 0.273 e. The second-order valence-corrected chi connectivity index (χ2v) is 9.85. The molecular formula is C21H23ClN4O7S. The Morgan fingerprint density at radius 1 is 1.21 bits per heavy atom. The van der Waals surface area contributed by atoms with Gasteiger partial charge < -0.3 is 14.5 Å². The van der Waals surface area contributed by atoms with Gasteiger partial charge in [-0.3, -0.25) is 24.0 Å². The summed E-state index contributed by atoms with van der Waals surface area (Å²) in [6, 6.07) is 7.85. The van der Waals surface area contributed by atoms with Gasteiger partial charge in [0, 0.05) is 42.8 Å². The number of amides is 2. The minimum Gasteiger partial charge on any atom is -0.495 e. The van der Waals surface area contributed by atoms with Gasteiger partial charge in [-0.05, 0) is 31.2 Å². The molecule has 0 aromatic heterocycles. The van der Waals surface area contributed by atoms with Gasteiger partial charge in [0.15, 0.2) is 0 Å². The number of hydrogen-bond donors (Lipinski definition) is 0. The molecule has 2 aromatic carbocycles. The summed E-state index contributed by atoms with van der Waals surface area (Å²) in [6.45, 7) is 2.04. The highest BCUT2D eigenvalue weighted by Gasteiger charge is 2.33. The van der Waals surface area contributed by atoms with Gasteiger partial charge in [0.2, 0.25) is 12.3 Å². The van der Waals surface area contributed by atoms with Gasteiger partial charge in [-0.1, -0.05) is 17.7 Å². The highest BCUT2D eigenvalue weighted by molar-refractivity contribution is 7.92. The van der Waals surface area contributed by atoms with Gasteiger partial charge in [0.25, 0.3) is 15.7 Å². The van der Waals surface area contributed by atoms with Crippen molar-refractivity contribution in [3.05, 3.63) is 57.1 Å². The summed E-state index contributed by atoms with van der Waals surface area (Å²) in [5.74, 6) is -0.356. The standard InChI is InChI=1S/C21H23ClN4O7S/c1-15-3-5-17(12-18(15)26(29)30)34(31,32)25(19-11-16(22)4-6-20(19)33-2)13-21(28)24-9-7-23(14-27)8-10-24/h3-6,11-12,14H,7-10,13H2,1-2H3.